The number of hydrogen-bond donors (Lipinski definition) is 2. The minimum absolute atomic E-state index is 0.0957. The SMILES string of the molecule is COc1cccc(OC)c1CN(C(=N)N)c1ccccn1. The van der Waals surface area contributed by atoms with Gasteiger partial charge in [-0.1, -0.05) is 12.1 Å². The number of methoxy groups -OCH3 is 2. The number of rotatable bonds is 5. The van der Waals surface area contributed by atoms with Crippen molar-refractivity contribution in [3.8, 4) is 11.5 Å². The number of nitrogens with two attached hydrogens (primary N) is 1. The predicted octanol–water partition coefficient (Wildman–Crippen LogP) is 2.00. The summed E-state index contributed by atoms with van der Waals surface area (Å²) in [5.41, 5.74) is 6.50. The lowest BCUT2D eigenvalue weighted by Crippen LogP contribution is -2.36. The zero-order chi connectivity index (χ0) is 15.2. The Morgan fingerprint density at radius 3 is 2.29 bits per heavy atom. The molecule has 0 atom stereocenters. The second-order valence-corrected chi connectivity index (χ2v) is 4.30. The first kappa shape index (κ1) is 14.6. The van der Waals surface area contributed by atoms with Gasteiger partial charge in [0.15, 0.2) is 5.96 Å². The van der Waals surface area contributed by atoms with E-state index in [0.29, 0.717) is 23.9 Å². The molecular weight excluding hydrogens is 268 g/mol. The van der Waals surface area contributed by atoms with Gasteiger partial charge in [-0.2, -0.15) is 0 Å². The van der Waals surface area contributed by atoms with Gasteiger partial charge < -0.3 is 15.2 Å². The molecule has 0 spiro atoms. The molecule has 6 heteroatoms. The van der Waals surface area contributed by atoms with E-state index in [0.717, 1.165) is 5.56 Å². The van der Waals surface area contributed by atoms with Crippen molar-refractivity contribution in [2.75, 3.05) is 19.1 Å². The third-order valence-electron chi connectivity index (χ3n) is 3.06. The molecule has 6 nitrogen and oxygen atoms in total. The van der Waals surface area contributed by atoms with Crippen LogP contribution in [0.25, 0.3) is 0 Å². The Labute approximate surface area is 123 Å². The van der Waals surface area contributed by atoms with E-state index in [1.54, 1.807) is 31.4 Å². The number of nitrogens with zero attached hydrogens (tertiary/aromatic N) is 2. The molecule has 0 bridgehead atoms. The van der Waals surface area contributed by atoms with Crippen molar-refractivity contribution < 1.29 is 9.47 Å². The Kier molecular flexibility index (Phi) is 4.61. The number of ether oxygens (including phenoxy) is 2. The molecule has 0 unspecified atom stereocenters. The van der Waals surface area contributed by atoms with Gasteiger partial charge in [0.2, 0.25) is 0 Å². The summed E-state index contributed by atoms with van der Waals surface area (Å²) >= 11 is 0. The van der Waals surface area contributed by atoms with Gasteiger partial charge in [-0.05, 0) is 24.3 Å². The lowest BCUT2D eigenvalue weighted by atomic mass is 10.1. The van der Waals surface area contributed by atoms with Crippen LogP contribution in [-0.4, -0.2) is 25.2 Å². The molecule has 0 aliphatic heterocycles. The molecule has 21 heavy (non-hydrogen) atoms. The van der Waals surface area contributed by atoms with Crippen molar-refractivity contribution in [3.05, 3.63) is 48.2 Å². The largest absolute Gasteiger partial charge is 0.496 e. The van der Waals surface area contributed by atoms with Crippen LogP contribution in [0.1, 0.15) is 5.56 Å². The summed E-state index contributed by atoms with van der Waals surface area (Å²) in [5.74, 6) is 1.85. The van der Waals surface area contributed by atoms with E-state index in [4.69, 9.17) is 20.6 Å². The fourth-order valence-corrected chi connectivity index (χ4v) is 2.04. The van der Waals surface area contributed by atoms with E-state index in [-0.39, 0.29) is 5.96 Å². The lowest BCUT2D eigenvalue weighted by molar-refractivity contribution is 0.385. The summed E-state index contributed by atoms with van der Waals surface area (Å²) in [4.78, 5) is 5.81. The van der Waals surface area contributed by atoms with Crippen molar-refractivity contribution in [3.63, 3.8) is 0 Å². The average molecular weight is 286 g/mol. The molecular formula is C15H18N4O2. The van der Waals surface area contributed by atoms with E-state index in [2.05, 4.69) is 4.98 Å². The molecule has 0 fully saturated rings. The number of guanidine groups is 1. The molecule has 0 aliphatic rings. The minimum atomic E-state index is -0.0957. The highest BCUT2D eigenvalue weighted by atomic mass is 16.5. The molecule has 2 rings (SSSR count). The van der Waals surface area contributed by atoms with Gasteiger partial charge in [0.25, 0.3) is 0 Å². The van der Waals surface area contributed by atoms with Crippen LogP contribution in [0.4, 0.5) is 5.82 Å². The summed E-state index contributed by atoms with van der Waals surface area (Å²) in [6.07, 6.45) is 1.66. The molecule has 110 valence electrons. The van der Waals surface area contributed by atoms with Gasteiger partial charge in [-0.25, -0.2) is 4.98 Å². The lowest BCUT2D eigenvalue weighted by Gasteiger charge is -2.23. The average Bonchev–Trinajstić information content (AvgIpc) is 2.52. The predicted molar refractivity (Wildman–Crippen MR) is 81.9 cm³/mol. The van der Waals surface area contributed by atoms with Crippen LogP contribution in [0.2, 0.25) is 0 Å². The maximum Gasteiger partial charge on any atom is 0.194 e. The number of aromatic nitrogens is 1. The topological polar surface area (TPSA) is 84.5 Å². The summed E-state index contributed by atoms with van der Waals surface area (Å²) in [6.45, 7) is 0.333. The number of benzene rings is 1. The van der Waals surface area contributed by atoms with Gasteiger partial charge in [0, 0.05) is 6.20 Å². The first-order valence-electron chi connectivity index (χ1n) is 6.39. The fourth-order valence-electron chi connectivity index (χ4n) is 2.04. The smallest absolute Gasteiger partial charge is 0.194 e. The molecule has 0 saturated heterocycles. The van der Waals surface area contributed by atoms with Crippen LogP contribution < -0.4 is 20.1 Å². The molecule has 1 aromatic carbocycles. The standard InChI is InChI=1S/C15H18N4O2/c1-20-12-6-5-7-13(21-2)11(12)10-19(15(16)17)14-8-3-4-9-18-14/h3-9H,10H2,1-2H3,(H3,16,17). The molecule has 2 aromatic rings. The van der Waals surface area contributed by atoms with Gasteiger partial charge >= 0.3 is 0 Å². The molecule has 3 N–H and O–H groups in total. The first-order valence-corrected chi connectivity index (χ1v) is 6.39. The van der Waals surface area contributed by atoms with Gasteiger partial charge in [-0.3, -0.25) is 10.3 Å². The maximum atomic E-state index is 7.78. The summed E-state index contributed by atoms with van der Waals surface area (Å²) < 4.78 is 10.7. The first-order chi connectivity index (χ1) is 10.2. The van der Waals surface area contributed by atoms with Crippen molar-refractivity contribution in [1.29, 1.82) is 5.41 Å². The summed E-state index contributed by atoms with van der Waals surface area (Å²) in [5, 5.41) is 7.78. The molecule has 0 aliphatic carbocycles. The number of pyridine rings is 1. The van der Waals surface area contributed by atoms with Crippen LogP contribution in [0.15, 0.2) is 42.6 Å². The minimum Gasteiger partial charge on any atom is -0.496 e. The Balaban J connectivity index is 2.40. The number of nitrogens with one attached hydrogen (secondary N) is 1. The fraction of sp³-hybridized carbons (Fsp3) is 0.200. The quantitative estimate of drug-likeness (QED) is 0.648. The van der Waals surface area contributed by atoms with Crippen molar-refractivity contribution in [1.82, 2.24) is 4.98 Å². The van der Waals surface area contributed by atoms with Crippen LogP contribution in [0.5, 0.6) is 11.5 Å². The zero-order valence-corrected chi connectivity index (χ0v) is 12.0. The van der Waals surface area contributed by atoms with Gasteiger partial charge in [0.1, 0.15) is 17.3 Å². The van der Waals surface area contributed by atoms with Crippen LogP contribution in [0.3, 0.4) is 0 Å². The van der Waals surface area contributed by atoms with Crippen LogP contribution in [0, 0.1) is 5.41 Å². The Morgan fingerprint density at radius 2 is 1.81 bits per heavy atom. The van der Waals surface area contributed by atoms with Crippen molar-refractivity contribution in [2.45, 2.75) is 6.54 Å². The Hall–Kier alpha value is -2.76. The van der Waals surface area contributed by atoms with Gasteiger partial charge in [0.05, 0.1) is 26.3 Å². The third kappa shape index (κ3) is 3.22. The Morgan fingerprint density at radius 1 is 1.14 bits per heavy atom. The van der Waals surface area contributed by atoms with E-state index < -0.39 is 0 Å². The second-order valence-electron chi connectivity index (χ2n) is 4.30. The highest BCUT2D eigenvalue weighted by molar-refractivity contribution is 5.91. The highest BCUT2D eigenvalue weighted by Gasteiger charge is 2.17. The number of hydrogen-bond acceptors (Lipinski definition) is 4. The molecule has 0 radical (unpaired) electrons. The summed E-state index contributed by atoms with van der Waals surface area (Å²) in [7, 11) is 3.19. The normalized spacial score (nSPS) is 10.0. The molecule has 1 aromatic heterocycles. The van der Waals surface area contributed by atoms with E-state index in [1.807, 2.05) is 30.3 Å². The van der Waals surface area contributed by atoms with Crippen molar-refractivity contribution in [2.24, 2.45) is 5.73 Å². The zero-order valence-electron chi connectivity index (χ0n) is 12.0. The highest BCUT2D eigenvalue weighted by Crippen LogP contribution is 2.30. The number of anilines is 1. The van der Waals surface area contributed by atoms with Crippen LogP contribution in [-0.2, 0) is 6.54 Å². The molecule has 0 amide bonds. The third-order valence-corrected chi connectivity index (χ3v) is 3.06. The van der Waals surface area contributed by atoms with E-state index >= 15 is 0 Å². The van der Waals surface area contributed by atoms with E-state index in [1.165, 1.54) is 0 Å². The van der Waals surface area contributed by atoms with Gasteiger partial charge in [-0.15, -0.1) is 0 Å². The summed E-state index contributed by atoms with van der Waals surface area (Å²) in [6, 6.07) is 11.0. The van der Waals surface area contributed by atoms with Crippen LogP contribution >= 0.6 is 0 Å². The van der Waals surface area contributed by atoms with E-state index in [9.17, 15) is 0 Å². The monoisotopic (exact) mass is 286 g/mol. The molecule has 0 saturated carbocycles. The Bertz CT molecular complexity index is 594. The van der Waals surface area contributed by atoms with Crippen molar-refractivity contribution >= 4 is 11.8 Å². The molecule has 1 heterocycles. The second kappa shape index (κ2) is 6.60. The maximum absolute atomic E-state index is 7.78.